The van der Waals surface area contributed by atoms with E-state index in [0.717, 1.165) is 61.4 Å². The molecule has 0 fully saturated rings. The number of hydrogen-bond donors (Lipinski definition) is 0. The van der Waals surface area contributed by atoms with E-state index in [4.69, 9.17) is 15.0 Å². The highest BCUT2D eigenvalue weighted by Crippen LogP contribution is 2.40. The summed E-state index contributed by atoms with van der Waals surface area (Å²) in [6.45, 7) is 0. The first-order chi connectivity index (χ1) is 25.1. The Hall–Kier alpha value is -6.79. The summed E-state index contributed by atoms with van der Waals surface area (Å²) in [5.41, 5.74) is 8.24. The van der Waals surface area contributed by atoms with Crippen LogP contribution in [0.1, 0.15) is 0 Å². The monoisotopic (exact) mass is 662 g/mol. The fourth-order valence-electron chi connectivity index (χ4n) is 6.77. The van der Waals surface area contributed by atoms with Gasteiger partial charge in [0.15, 0.2) is 17.5 Å². The van der Waals surface area contributed by atoms with Crippen LogP contribution >= 0.6 is 0 Å². The predicted molar refractivity (Wildman–Crippen MR) is 201 cm³/mol. The minimum Gasteiger partial charge on any atom is -0.308 e. The van der Waals surface area contributed by atoms with Crippen molar-refractivity contribution in [1.82, 2.24) is 19.5 Å². The Labute approximate surface area is 293 Å². The zero-order chi connectivity index (χ0) is 34.3. The zero-order valence-corrected chi connectivity index (χ0v) is 27.2. The summed E-state index contributed by atoms with van der Waals surface area (Å²) in [7, 11) is 0. The van der Waals surface area contributed by atoms with Gasteiger partial charge in [-0.1, -0.05) is 121 Å². The highest BCUT2D eigenvalue weighted by atomic mass is 19.1. The Morgan fingerprint density at radius 3 is 1.59 bits per heavy atom. The summed E-state index contributed by atoms with van der Waals surface area (Å²) in [5, 5.41) is 2.14. The van der Waals surface area contributed by atoms with Gasteiger partial charge in [0.05, 0.1) is 16.7 Å². The van der Waals surface area contributed by atoms with Crippen LogP contribution in [0.5, 0.6) is 0 Å². The van der Waals surface area contributed by atoms with Gasteiger partial charge in [0.2, 0.25) is 0 Å². The van der Waals surface area contributed by atoms with Gasteiger partial charge in [-0.05, 0) is 59.2 Å². The maximum atomic E-state index is 15.3. The van der Waals surface area contributed by atoms with Crippen LogP contribution in [0.4, 0.5) is 8.78 Å². The van der Waals surface area contributed by atoms with Gasteiger partial charge < -0.3 is 4.57 Å². The first kappa shape index (κ1) is 30.3. The number of aromatic nitrogens is 4. The number of nitrogens with zero attached hydrogens (tertiary/aromatic N) is 4. The lowest BCUT2D eigenvalue weighted by Gasteiger charge is -2.17. The fourth-order valence-corrected chi connectivity index (χ4v) is 6.77. The summed E-state index contributed by atoms with van der Waals surface area (Å²) in [4.78, 5) is 15.0. The van der Waals surface area contributed by atoms with Crippen LogP contribution in [0.3, 0.4) is 0 Å². The van der Waals surface area contributed by atoms with Crippen molar-refractivity contribution in [3.63, 3.8) is 0 Å². The van der Waals surface area contributed by atoms with E-state index in [2.05, 4.69) is 47.0 Å². The lowest BCUT2D eigenvalue weighted by molar-refractivity contribution is 0.585. The number of para-hydroxylation sites is 1. The van der Waals surface area contributed by atoms with E-state index in [0.29, 0.717) is 28.6 Å². The predicted octanol–water partition coefficient (Wildman–Crippen LogP) is 11.6. The molecule has 9 aromatic rings. The molecule has 9 rings (SSSR count). The molecule has 51 heavy (non-hydrogen) atoms. The van der Waals surface area contributed by atoms with Gasteiger partial charge in [-0.3, -0.25) is 0 Å². The third-order valence-corrected chi connectivity index (χ3v) is 9.20. The van der Waals surface area contributed by atoms with E-state index in [9.17, 15) is 4.39 Å². The second kappa shape index (κ2) is 12.6. The van der Waals surface area contributed by atoms with Crippen molar-refractivity contribution in [1.29, 1.82) is 0 Å². The van der Waals surface area contributed by atoms with Gasteiger partial charge in [0, 0.05) is 39.1 Å². The van der Waals surface area contributed by atoms with Crippen molar-refractivity contribution in [3.05, 3.63) is 181 Å². The third kappa shape index (κ3) is 5.53. The van der Waals surface area contributed by atoms with Crippen molar-refractivity contribution in [2.45, 2.75) is 0 Å². The van der Waals surface area contributed by atoms with E-state index in [1.807, 2.05) is 109 Å². The molecule has 0 radical (unpaired) electrons. The Kier molecular flexibility index (Phi) is 7.47. The molecular formula is C45H28F2N4. The first-order valence-corrected chi connectivity index (χ1v) is 16.7. The highest BCUT2D eigenvalue weighted by Gasteiger charge is 2.21. The van der Waals surface area contributed by atoms with Crippen molar-refractivity contribution in [2.24, 2.45) is 0 Å². The van der Waals surface area contributed by atoms with Gasteiger partial charge in [-0.25, -0.2) is 23.7 Å². The standard InChI is InChI=1S/C45H28F2N4/c46-34-22-24-35(39(47)28-34)33-20-23-37(45-49-43(30-14-6-2-7-15-30)48-44(50-45)31-16-8-3-9-17-31)42(27-33)51-40-19-11-10-18-36(40)38-26-32(21-25-41(38)51)29-12-4-1-5-13-29/h1-28H. The number of halogens is 2. The fraction of sp³-hybridized carbons (Fsp3) is 0. The Morgan fingerprint density at radius 2 is 0.922 bits per heavy atom. The van der Waals surface area contributed by atoms with Crippen LogP contribution < -0.4 is 0 Å². The van der Waals surface area contributed by atoms with Crippen LogP contribution in [-0.4, -0.2) is 19.5 Å². The van der Waals surface area contributed by atoms with Crippen LogP contribution in [-0.2, 0) is 0 Å². The summed E-state index contributed by atoms with van der Waals surface area (Å²) in [6.07, 6.45) is 0. The molecule has 2 heterocycles. The average Bonchev–Trinajstić information content (AvgIpc) is 3.52. The molecule has 0 unspecified atom stereocenters. The molecule has 0 N–H and O–H groups in total. The van der Waals surface area contributed by atoms with E-state index < -0.39 is 11.6 Å². The molecule has 0 aliphatic heterocycles. The maximum absolute atomic E-state index is 15.3. The zero-order valence-electron chi connectivity index (χ0n) is 27.2. The summed E-state index contributed by atoms with van der Waals surface area (Å²) in [6, 6.07) is 54.1. The van der Waals surface area contributed by atoms with Crippen LogP contribution in [0.15, 0.2) is 170 Å². The van der Waals surface area contributed by atoms with Crippen molar-refractivity contribution < 1.29 is 8.78 Å². The molecule has 2 aromatic heterocycles. The summed E-state index contributed by atoms with van der Waals surface area (Å²) < 4.78 is 31.6. The number of rotatable bonds is 6. The van der Waals surface area contributed by atoms with Gasteiger partial charge in [0.1, 0.15) is 11.6 Å². The molecule has 0 amide bonds. The van der Waals surface area contributed by atoms with Crippen molar-refractivity contribution >= 4 is 21.8 Å². The second-order valence-electron chi connectivity index (χ2n) is 12.3. The smallest absolute Gasteiger partial charge is 0.166 e. The second-order valence-corrected chi connectivity index (χ2v) is 12.3. The number of fused-ring (bicyclic) bond motifs is 3. The third-order valence-electron chi connectivity index (χ3n) is 9.20. The molecular weight excluding hydrogens is 635 g/mol. The van der Waals surface area contributed by atoms with E-state index in [1.165, 1.54) is 12.1 Å². The first-order valence-electron chi connectivity index (χ1n) is 16.7. The molecule has 0 saturated heterocycles. The molecule has 0 saturated carbocycles. The van der Waals surface area contributed by atoms with E-state index in [-0.39, 0.29) is 0 Å². The number of benzene rings is 7. The molecule has 0 spiro atoms. The van der Waals surface area contributed by atoms with Crippen molar-refractivity contribution in [3.8, 4) is 62.1 Å². The minimum atomic E-state index is -0.638. The van der Waals surface area contributed by atoms with E-state index in [1.54, 1.807) is 0 Å². The van der Waals surface area contributed by atoms with Crippen molar-refractivity contribution in [2.75, 3.05) is 0 Å². The SMILES string of the molecule is Fc1ccc(-c2ccc(-c3nc(-c4ccccc4)nc(-c4ccccc4)n3)c(-n3c4ccccc4c4cc(-c5ccccc5)ccc43)c2)c(F)c1. The van der Waals surface area contributed by atoms with Gasteiger partial charge >= 0.3 is 0 Å². The number of hydrogen-bond acceptors (Lipinski definition) is 3. The largest absolute Gasteiger partial charge is 0.308 e. The molecule has 0 aliphatic rings. The Balaban J connectivity index is 1.35. The Morgan fingerprint density at radius 1 is 0.373 bits per heavy atom. The summed E-state index contributed by atoms with van der Waals surface area (Å²) in [5.74, 6) is 0.274. The molecule has 6 heteroatoms. The van der Waals surface area contributed by atoms with Crippen LogP contribution in [0.2, 0.25) is 0 Å². The normalized spacial score (nSPS) is 11.3. The van der Waals surface area contributed by atoms with Crippen LogP contribution in [0, 0.1) is 11.6 Å². The topological polar surface area (TPSA) is 43.6 Å². The quantitative estimate of drug-likeness (QED) is 0.178. The van der Waals surface area contributed by atoms with Gasteiger partial charge in [-0.15, -0.1) is 0 Å². The van der Waals surface area contributed by atoms with Gasteiger partial charge in [0.25, 0.3) is 0 Å². The minimum absolute atomic E-state index is 0.293. The molecule has 0 atom stereocenters. The summed E-state index contributed by atoms with van der Waals surface area (Å²) >= 11 is 0. The molecule has 0 bridgehead atoms. The lowest BCUT2D eigenvalue weighted by Crippen LogP contribution is -2.04. The Bertz CT molecular complexity index is 2650. The lowest BCUT2D eigenvalue weighted by atomic mass is 10.0. The maximum Gasteiger partial charge on any atom is 0.166 e. The van der Waals surface area contributed by atoms with E-state index >= 15 is 4.39 Å². The molecule has 242 valence electrons. The molecule has 4 nitrogen and oxygen atoms in total. The highest BCUT2D eigenvalue weighted by molar-refractivity contribution is 6.11. The molecule has 0 aliphatic carbocycles. The average molecular weight is 663 g/mol. The molecule has 7 aromatic carbocycles. The van der Waals surface area contributed by atoms with Crippen LogP contribution in [0.25, 0.3) is 83.9 Å². The van der Waals surface area contributed by atoms with Gasteiger partial charge in [-0.2, -0.15) is 0 Å².